The van der Waals surface area contributed by atoms with Gasteiger partial charge in [-0.25, -0.2) is 4.52 Å². The van der Waals surface area contributed by atoms with Gasteiger partial charge >= 0.3 is 5.97 Å². The highest BCUT2D eigenvalue weighted by Crippen LogP contribution is 2.39. The van der Waals surface area contributed by atoms with Crippen molar-refractivity contribution in [1.82, 2.24) is 9.61 Å². The van der Waals surface area contributed by atoms with E-state index >= 15 is 0 Å². The third kappa shape index (κ3) is 3.97. The zero-order valence-corrected chi connectivity index (χ0v) is 16.9. The monoisotopic (exact) mass is 404 g/mol. The lowest BCUT2D eigenvalue weighted by molar-refractivity contribution is -0.137. The Morgan fingerprint density at radius 1 is 1.19 bits per heavy atom. The van der Waals surface area contributed by atoms with Crippen LogP contribution in [0.4, 0.5) is 0 Å². The number of nitrogens with zero attached hydrogens (tertiary/aromatic N) is 2. The third-order valence-electron chi connectivity index (χ3n) is 4.83. The smallest absolute Gasteiger partial charge is 0.303 e. The van der Waals surface area contributed by atoms with E-state index in [0.717, 1.165) is 52.9 Å². The summed E-state index contributed by atoms with van der Waals surface area (Å²) in [4.78, 5) is 10.8. The van der Waals surface area contributed by atoms with E-state index in [0.29, 0.717) is 16.5 Å². The van der Waals surface area contributed by atoms with Gasteiger partial charge in [0.2, 0.25) is 0 Å². The molecule has 6 heteroatoms. The van der Waals surface area contributed by atoms with Crippen molar-refractivity contribution < 1.29 is 9.90 Å². The van der Waals surface area contributed by atoms with Crippen molar-refractivity contribution in [2.75, 3.05) is 0 Å². The zero-order chi connectivity index (χ0) is 19.6. The molecule has 0 aliphatic carbocycles. The maximum Gasteiger partial charge on any atom is 0.303 e. The molecule has 1 N–H and O–H groups in total. The van der Waals surface area contributed by atoms with Crippen LogP contribution >= 0.6 is 23.2 Å². The first-order valence-corrected chi connectivity index (χ1v) is 9.85. The number of benzene rings is 1. The molecule has 0 atom stereocenters. The van der Waals surface area contributed by atoms with Gasteiger partial charge in [-0.05, 0) is 56.4 Å². The van der Waals surface area contributed by atoms with Gasteiger partial charge < -0.3 is 5.11 Å². The Labute approximate surface area is 168 Å². The van der Waals surface area contributed by atoms with E-state index in [2.05, 4.69) is 19.1 Å². The van der Waals surface area contributed by atoms with Crippen LogP contribution in [-0.4, -0.2) is 20.7 Å². The Bertz CT molecular complexity index is 996. The predicted octanol–water partition coefficient (Wildman–Crippen LogP) is 5.98. The average molecular weight is 405 g/mol. The molecule has 0 radical (unpaired) electrons. The SMILES string of the molecule is CCc1ccc2c(-c3cccc(Cl)c3Cl)c(CCCCC(=O)O)c(C)nn12. The van der Waals surface area contributed by atoms with Crippen LogP contribution in [-0.2, 0) is 17.6 Å². The van der Waals surface area contributed by atoms with E-state index in [4.69, 9.17) is 33.4 Å². The highest BCUT2D eigenvalue weighted by Gasteiger charge is 2.19. The summed E-state index contributed by atoms with van der Waals surface area (Å²) in [6.45, 7) is 4.10. The lowest BCUT2D eigenvalue weighted by Gasteiger charge is -2.17. The average Bonchev–Trinajstić information content (AvgIpc) is 3.03. The van der Waals surface area contributed by atoms with Crippen LogP contribution < -0.4 is 0 Å². The summed E-state index contributed by atoms with van der Waals surface area (Å²) in [5, 5.41) is 14.7. The highest BCUT2D eigenvalue weighted by molar-refractivity contribution is 6.43. The molecule has 2 aromatic heterocycles. The van der Waals surface area contributed by atoms with Crippen molar-refractivity contribution in [2.45, 2.75) is 46.0 Å². The van der Waals surface area contributed by atoms with Gasteiger partial charge in [-0.15, -0.1) is 0 Å². The molecule has 4 nitrogen and oxygen atoms in total. The largest absolute Gasteiger partial charge is 0.481 e. The zero-order valence-electron chi connectivity index (χ0n) is 15.4. The van der Waals surface area contributed by atoms with Crippen LogP contribution in [0, 0.1) is 6.92 Å². The second-order valence-electron chi connectivity index (χ2n) is 6.62. The van der Waals surface area contributed by atoms with Crippen molar-refractivity contribution in [3.8, 4) is 11.1 Å². The minimum Gasteiger partial charge on any atom is -0.481 e. The maximum absolute atomic E-state index is 10.8. The number of carboxylic acids is 1. The topological polar surface area (TPSA) is 54.6 Å². The molecular weight excluding hydrogens is 383 g/mol. The van der Waals surface area contributed by atoms with Crippen LogP contribution in [0.25, 0.3) is 16.6 Å². The van der Waals surface area contributed by atoms with E-state index in [1.807, 2.05) is 23.6 Å². The van der Waals surface area contributed by atoms with Crippen molar-refractivity contribution in [3.05, 3.63) is 57.3 Å². The van der Waals surface area contributed by atoms with E-state index in [9.17, 15) is 4.79 Å². The fraction of sp³-hybridized carbons (Fsp3) is 0.333. The molecule has 2 heterocycles. The first-order valence-electron chi connectivity index (χ1n) is 9.10. The second kappa shape index (κ2) is 8.32. The Kier molecular flexibility index (Phi) is 6.08. The van der Waals surface area contributed by atoms with Gasteiger partial charge in [-0.3, -0.25) is 4.79 Å². The number of aliphatic carboxylic acids is 1. The van der Waals surface area contributed by atoms with Gasteiger partial charge in [-0.2, -0.15) is 5.10 Å². The standard InChI is InChI=1S/C21H22Cl2N2O2/c1-3-14-11-12-18-20(16-8-6-9-17(22)21(16)23)15(13(2)24-25(14)18)7-4-5-10-19(26)27/h6,8-9,11-12H,3-5,7,10H2,1-2H3,(H,26,27). The molecule has 0 aliphatic rings. The number of halogens is 2. The summed E-state index contributed by atoms with van der Waals surface area (Å²) in [5.41, 5.74) is 6.06. The van der Waals surface area contributed by atoms with Crippen LogP contribution in [0.15, 0.2) is 30.3 Å². The number of hydrogen-bond donors (Lipinski definition) is 1. The van der Waals surface area contributed by atoms with Gasteiger partial charge in [-0.1, -0.05) is 42.3 Å². The van der Waals surface area contributed by atoms with Crippen molar-refractivity contribution in [2.24, 2.45) is 0 Å². The summed E-state index contributed by atoms with van der Waals surface area (Å²) in [7, 11) is 0. The number of hydrogen-bond acceptors (Lipinski definition) is 2. The molecule has 3 rings (SSSR count). The van der Waals surface area contributed by atoms with E-state index in [-0.39, 0.29) is 6.42 Å². The van der Waals surface area contributed by atoms with Crippen LogP contribution in [0.3, 0.4) is 0 Å². The highest BCUT2D eigenvalue weighted by atomic mass is 35.5. The van der Waals surface area contributed by atoms with Crippen molar-refractivity contribution >= 4 is 34.7 Å². The molecule has 27 heavy (non-hydrogen) atoms. The molecule has 0 fully saturated rings. The Morgan fingerprint density at radius 3 is 2.67 bits per heavy atom. The number of unbranched alkanes of at least 4 members (excludes halogenated alkanes) is 1. The fourth-order valence-corrected chi connectivity index (χ4v) is 3.87. The second-order valence-corrected chi connectivity index (χ2v) is 7.40. The van der Waals surface area contributed by atoms with E-state index in [1.165, 1.54) is 0 Å². The molecule has 0 saturated carbocycles. The molecule has 142 valence electrons. The maximum atomic E-state index is 10.8. The lowest BCUT2D eigenvalue weighted by Crippen LogP contribution is -2.06. The van der Waals surface area contributed by atoms with Crippen molar-refractivity contribution in [3.63, 3.8) is 0 Å². The minimum absolute atomic E-state index is 0.174. The van der Waals surface area contributed by atoms with Gasteiger partial charge in [0.05, 0.1) is 21.3 Å². The molecule has 0 bridgehead atoms. The molecule has 0 amide bonds. The van der Waals surface area contributed by atoms with Crippen LogP contribution in [0.1, 0.15) is 43.1 Å². The lowest BCUT2D eigenvalue weighted by atomic mass is 9.94. The summed E-state index contributed by atoms with van der Waals surface area (Å²) < 4.78 is 1.97. The first-order chi connectivity index (χ1) is 12.9. The molecule has 0 saturated heterocycles. The molecule has 0 aliphatic heterocycles. The summed E-state index contributed by atoms with van der Waals surface area (Å²) in [5.74, 6) is -0.766. The Hall–Kier alpha value is -2.04. The van der Waals surface area contributed by atoms with Gasteiger partial charge in [0.1, 0.15) is 0 Å². The number of aromatic nitrogens is 2. The van der Waals surface area contributed by atoms with Crippen LogP contribution in [0.2, 0.25) is 10.0 Å². The summed E-state index contributed by atoms with van der Waals surface area (Å²) >= 11 is 12.8. The summed E-state index contributed by atoms with van der Waals surface area (Å²) in [6.07, 6.45) is 3.20. The Morgan fingerprint density at radius 2 is 1.96 bits per heavy atom. The number of rotatable bonds is 7. The number of carboxylic acid groups (broad SMARTS) is 1. The normalized spacial score (nSPS) is 11.3. The molecule has 1 aromatic carbocycles. The fourth-order valence-electron chi connectivity index (χ4n) is 3.47. The van der Waals surface area contributed by atoms with E-state index in [1.54, 1.807) is 6.07 Å². The molecule has 0 spiro atoms. The summed E-state index contributed by atoms with van der Waals surface area (Å²) in [6, 6.07) is 9.80. The third-order valence-corrected chi connectivity index (χ3v) is 5.65. The molecule has 0 unspecified atom stereocenters. The minimum atomic E-state index is -0.766. The number of fused-ring (bicyclic) bond motifs is 1. The predicted molar refractivity (Wildman–Crippen MR) is 110 cm³/mol. The Balaban J connectivity index is 2.17. The van der Waals surface area contributed by atoms with Gasteiger partial charge in [0, 0.05) is 23.2 Å². The van der Waals surface area contributed by atoms with Gasteiger partial charge in [0.25, 0.3) is 0 Å². The first kappa shape index (κ1) is 19.7. The number of carbonyl (C=O) groups is 1. The quantitative estimate of drug-likeness (QED) is 0.492. The van der Waals surface area contributed by atoms with E-state index < -0.39 is 5.97 Å². The number of aryl methyl sites for hydroxylation is 2. The van der Waals surface area contributed by atoms with Gasteiger partial charge in [0.15, 0.2) is 0 Å². The molecule has 3 aromatic rings. The molecular formula is C21H22Cl2N2O2. The van der Waals surface area contributed by atoms with Crippen molar-refractivity contribution in [1.29, 1.82) is 0 Å². The van der Waals surface area contributed by atoms with Crippen LogP contribution in [0.5, 0.6) is 0 Å².